The lowest BCUT2D eigenvalue weighted by molar-refractivity contribution is -0.142. The van der Waals surface area contributed by atoms with Crippen LogP contribution in [0.1, 0.15) is 38.2 Å². The lowest BCUT2D eigenvalue weighted by Gasteiger charge is -2.39. The van der Waals surface area contributed by atoms with Gasteiger partial charge < -0.3 is 10.1 Å². The quantitative estimate of drug-likeness (QED) is 0.681. The van der Waals surface area contributed by atoms with E-state index in [-0.39, 0.29) is 12.5 Å². The summed E-state index contributed by atoms with van der Waals surface area (Å²) in [5, 5.41) is 12.5. The van der Waals surface area contributed by atoms with Gasteiger partial charge in [0.15, 0.2) is 0 Å². The molecule has 0 aromatic heterocycles. The monoisotopic (exact) mass is 326 g/mol. The molecule has 0 saturated heterocycles. The summed E-state index contributed by atoms with van der Waals surface area (Å²) in [6.45, 7) is 3.76. The Morgan fingerprint density at radius 1 is 1.29 bits per heavy atom. The highest BCUT2D eigenvalue weighted by Crippen LogP contribution is 2.49. The van der Waals surface area contributed by atoms with Crippen LogP contribution in [0.3, 0.4) is 0 Å². The van der Waals surface area contributed by atoms with Crippen molar-refractivity contribution in [2.24, 2.45) is 5.41 Å². The number of allylic oxidation sites excluding steroid dienone is 2. The second kappa shape index (κ2) is 7.31. The van der Waals surface area contributed by atoms with E-state index in [2.05, 4.69) is 16.1 Å². The first kappa shape index (κ1) is 17.7. The Morgan fingerprint density at radius 3 is 2.54 bits per heavy atom. The van der Waals surface area contributed by atoms with Gasteiger partial charge in [0.25, 0.3) is 0 Å². The van der Waals surface area contributed by atoms with Crippen molar-refractivity contribution < 1.29 is 14.3 Å². The molecule has 1 amide bonds. The summed E-state index contributed by atoms with van der Waals surface area (Å²) in [6, 6.07) is 11.9. The third kappa shape index (κ3) is 3.33. The zero-order chi connectivity index (χ0) is 17.7. The van der Waals surface area contributed by atoms with Gasteiger partial charge >= 0.3 is 5.97 Å². The summed E-state index contributed by atoms with van der Waals surface area (Å²) in [5.41, 5.74) is 1.99. The minimum absolute atomic E-state index is 0.234. The molecule has 0 fully saturated rings. The Morgan fingerprint density at radius 2 is 1.96 bits per heavy atom. The Hall–Kier alpha value is -2.61. The van der Waals surface area contributed by atoms with E-state index in [1.807, 2.05) is 44.2 Å². The molecule has 0 bridgehead atoms. The fourth-order valence-electron chi connectivity index (χ4n) is 3.22. The fraction of sp³-hybridized carbons (Fsp3) is 0.421. The Kier molecular flexibility index (Phi) is 5.40. The van der Waals surface area contributed by atoms with Crippen LogP contribution in [0, 0.1) is 16.7 Å². The van der Waals surface area contributed by atoms with Gasteiger partial charge in [-0.2, -0.15) is 5.26 Å². The van der Waals surface area contributed by atoms with Gasteiger partial charge in [-0.1, -0.05) is 41.5 Å². The molecular weight excluding hydrogens is 304 g/mol. The Balaban J connectivity index is 2.40. The zero-order valence-electron chi connectivity index (χ0n) is 14.3. The van der Waals surface area contributed by atoms with E-state index in [0.29, 0.717) is 12.8 Å². The van der Waals surface area contributed by atoms with Crippen LogP contribution in [-0.4, -0.2) is 25.5 Å². The van der Waals surface area contributed by atoms with Crippen molar-refractivity contribution in [1.29, 1.82) is 5.26 Å². The Labute approximate surface area is 142 Å². The molecule has 1 aromatic rings. The fourth-order valence-corrected chi connectivity index (χ4v) is 3.22. The molecule has 2 rings (SSSR count). The molecule has 5 nitrogen and oxygen atoms in total. The van der Waals surface area contributed by atoms with Gasteiger partial charge in [0.05, 0.1) is 13.2 Å². The third-order valence-electron chi connectivity index (χ3n) is 4.81. The minimum atomic E-state index is -1.22. The lowest BCUT2D eigenvalue weighted by Crippen LogP contribution is -2.47. The van der Waals surface area contributed by atoms with Gasteiger partial charge in [0.2, 0.25) is 5.91 Å². The topological polar surface area (TPSA) is 79.2 Å². The first-order chi connectivity index (χ1) is 11.4. The minimum Gasteiger partial charge on any atom is -0.468 e. The number of nitriles is 1. The predicted octanol–water partition coefficient (Wildman–Crippen LogP) is 2.70. The average molecular weight is 326 g/mol. The summed E-state index contributed by atoms with van der Waals surface area (Å²) < 4.78 is 4.56. The van der Waals surface area contributed by atoms with Gasteiger partial charge in [-0.3, -0.25) is 9.59 Å². The van der Waals surface area contributed by atoms with Crippen molar-refractivity contribution >= 4 is 11.9 Å². The van der Waals surface area contributed by atoms with Crippen LogP contribution in [0.2, 0.25) is 0 Å². The molecule has 0 radical (unpaired) electrons. The van der Waals surface area contributed by atoms with Crippen LogP contribution >= 0.6 is 0 Å². The summed E-state index contributed by atoms with van der Waals surface area (Å²) in [5.74, 6) is -1.20. The highest BCUT2D eigenvalue weighted by atomic mass is 16.5. The van der Waals surface area contributed by atoms with Gasteiger partial charge in [-0.05, 0) is 32.3 Å². The lowest BCUT2D eigenvalue weighted by atomic mass is 9.62. The molecular formula is C19H22N2O3. The number of esters is 1. The third-order valence-corrected chi connectivity index (χ3v) is 4.81. The maximum Gasteiger partial charge on any atom is 0.325 e. The van der Waals surface area contributed by atoms with E-state index in [1.54, 1.807) is 0 Å². The van der Waals surface area contributed by atoms with Crippen LogP contribution in [-0.2, 0) is 14.3 Å². The average Bonchev–Trinajstić information content (AvgIpc) is 2.61. The number of hydrogen-bond acceptors (Lipinski definition) is 4. The number of rotatable bonds is 4. The van der Waals surface area contributed by atoms with Crippen LogP contribution in [0.25, 0.3) is 0 Å². The van der Waals surface area contributed by atoms with Gasteiger partial charge in [-0.25, -0.2) is 0 Å². The number of benzene rings is 1. The maximum atomic E-state index is 12.8. The van der Waals surface area contributed by atoms with Crippen molar-refractivity contribution in [1.82, 2.24) is 5.32 Å². The summed E-state index contributed by atoms with van der Waals surface area (Å²) in [4.78, 5) is 24.2. The summed E-state index contributed by atoms with van der Waals surface area (Å²) in [6.07, 6.45) is 1.01. The largest absolute Gasteiger partial charge is 0.468 e. The predicted molar refractivity (Wildman–Crippen MR) is 89.9 cm³/mol. The van der Waals surface area contributed by atoms with E-state index in [4.69, 9.17) is 0 Å². The van der Waals surface area contributed by atoms with Crippen LogP contribution < -0.4 is 5.32 Å². The van der Waals surface area contributed by atoms with Crippen molar-refractivity contribution in [3.8, 4) is 6.07 Å². The molecule has 2 atom stereocenters. The molecule has 1 aromatic carbocycles. The SMILES string of the molecule is COC(=O)CNC(=O)[C@]1(C#N)CC(C)=C(C)C[C@H]1c1ccccc1. The van der Waals surface area contributed by atoms with E-state index in [9.17, 15) is 14.9 Å². The number of ether oxygens (including phenoxy) is 1. The number of methoxy groups -OCH3 is 1. The maximum absolute atomic E-state index is 12.8. The first-order valence-corrected chi connectivity index (χ1v) is 7.91. The molecule has 24 heavy (non-hydrogen) atoms. The second-order valence-electron chi connectivity index (χ2n) is 6.25. The summed E-state index contributed by atoms with van der Waals surface area (Å²) in [7, 11) is 1.26. The Bertz CT molecular complexity index is 703. The smallest absolute Gasteiger partial charge is 0.325 e. The van der Waals surface area contributed by atoms with Gasteiger partial charge in [0.1, 0.15) is 12.0 Å². The van der Waals surface area contributed by atoms with Gasteiger partial charge in [0, 0.05) is 5.92 Å². The number of hydrogen-bond donors (Lipinski definition) is 1. The number of carbonyl (C=O) groups is 2. The van der Waals surface area contributed by atoms with E-state index >= 15 is 0 Å². The number of nitrogens with zero attached hydrogens (tertiary/aromatic N) is 1. The molecule has 1 N–H and O–H groups in total. The van der Waals surface area contributed by atoms with Crippen LogP contribution in [0.15, 0.2) is 41.5 Å². The molecule has 0 heterocycles. The van der Waals surface area contributed by atoms with Crippen LogP contribution in [0.4, 0.5) is 0 Å². The first-order valence-electron chi connectivity index (χ1n) is 7.91. The van der Waals surface area contributed by atoms with E-state index in [0.717, 1.165) is 11.1 Å². The molecule has 0 unspecified atom stereocenters. The molecule has 5 heteroatoms. The van der Waals surface area contributed by atoms with Crippen molar-refractivity contribution in [3.05, 3.63) is 47.0 Å². The van der Waals surface area contributed by atoms with Crippen LogP contribution in [0.5, 0.6) is 0 Å². The number of nitrogens with one attached hydrogen (secondary N) is 1. The molecule has 0 aliphatic heterocycles. The molecule has 126 valence electrons. The number of amides is 1. The molecule has 0 saturated carbocycles. The summed E-state index contributed by atoms with van der Waals surface area (Å²) >= 11 is 0. The molecule has 1 aliphatic rings. The van der Waals surface area contributed by atoms with Crippen molar-refractivity contribution in [2.75, 3.05) is 13.7 Å². The van der Waals surface area contributed by atoms with Crippen molar-refractivity contribution in [3.63, 3.8) is 0 Å². The zero-order valence-corrected chi connectivity index (χ0v) is 14.3. The highest BCUT2D eigenvalue weighted by Gasteiger charge is 2.49. The normalized spacial score (nSPS) is 23.3. The molecule has 1 aliphatic carbocycles. The standard InChI is InChI=1S/C19H22N2O3/c1-13-9-16(15-7-5-4-6-8-15)19(12-20,10-14(13)2)18(23)21-11-17(22)24-3/h4-8,16H,9-11H2,1-3H3,(H,21,23)/t16-,19-/m0/s1. The van der Waals surface area contributed by atoms with E-state index in [1.165, 1.54) is 12.7 Å². The highest BCUT2D eigenvalue weighted by molar-refractivity contribution is 5.90. The van der Waals surface area contributed by atoms with Crippen molar-refractivity contribution in [2.45, 2.75) is 32.6 Å². The van der Waals surface area contributed by atoms with Gasteiger partial charge in [-0.15, -0.1) is 0 Å². The number of carbonyl (C=O) groups excluding carboxylic acids is 2. The van der Waals surface area contributed by atoms with E-state index < -0.39 is 17.3 Å². The second-order valence-corrected chi connectivity index (χ2v) is 6.25. The molecule has 0 spiro atoms.